The number of halogens is 1. The summed E-state index contributed by atoms with van der Waals surface area (Å²) >= 11 is 9.00. The number of thiazole rings is 1. The molecule has 0 radical (unpaired) electrons. The van der Waals surface area contributed by atoms with E-state index in [1.807, 2.05) is 22.2 Å². The van der Waals surface area contributed by atoms with Gasteiger partial charge in [-0.1, -0.05) is 23.7 Å². The van der Waals surface area contributed by atoms with Crippen LogP contribution in [0.1, 0.15) is 16.1 Å². The van der Waals surface area contributed by atoms with Gasteiger partial charge in [-0.3, -0.25) is 9.59 Å². The van der Waals surface area contributed by atoms with E-state index in [1.165, 1.54) is 11.3 Å². The molecule has 0 saturated heterocycles. The second-order valence-corrected chi connectivity index (χ2v) is 8.46. The van der Waals surface area contributed by atoms with E-state index in [9.17, 15) is 9.59 Å². The minimum Gasteiger partial charge on any atom is -0.325 e. The standard InChI is InChI=1S/C22H16ClN3O2S2/c23-15-5-7-16(8-6-15)24-21(28)18-3-1-2-4-19(18)26-20(27)11-17-13-30-22(25-17)14-9-10-29-12-14/h1-10,12-13H,11H2,(H,24,28)(H,26,27). The predicted molar refractivity (Wildman–Crippen MR) is 124 cm³/mol. The predicted octanol–water partition coefficient (Wildman–Crippen LogP) is 5.96. The number of para-hydroxylation sites is 1. The first-order valence-electron chi connectivity index (χ1n) is 9.01. The lowest BCUT2D eigenvalue weighted by atomic mass is 10.1. The molecule has 0 atom stereocenters. The van der Waals surface area contributed by atoms with Crippen LogP contribution in [0.4, 0.5) is 11.4 Å². The van der Waals surface area contributed by atoms with Gasteiger partial charge < -0.3 is 10.6 Å². The van der Waals surface area contributed by atoms with Gasteiger partial charge in [-0.15, -0.1) is 11.3 Å². The van der Waals surface area contributed by atoms with Crippen molar-refractivity contribution in [1.82, 2.24) is 4.98 Å². The lowest BCUT2D eigenvalue weighted by Gasteiger charge is -2.11. The van der Waals surface area contributed by atoms with Crippen LogP contribution in [0.15, 0.2) is 70.7 Å². The Kier molecular flexibility index (Phi) is 6.23. The van der Waals surface area contributed by atoms with Crippen LogP contribution in [-0.4, -0.2) is 16.8 Å². The first-order chi connectivity index (χ1) is 14.6. The lowest BCUT2D eigenvalue weighted by molar-refractivity contribution is -0.115. The van der Waals surface area contributed by atoms with E-state index in [2.05, 4.69) is 15.6 Å². The monoisotopic (exact) mass is 453 g/mol. The van der Waals surface area contributed by atoms with Crippen molar-refractivity contribution in [3.63, 3.8) is 0 Å². The maximum Gasteiger partial charge on any atom is 0.257 e. The zero-order chi connectivity index (χ0) is 20.9. The molecule has 2 aromatic heterocycles. The second kappa shape index (κ2) is 9.21. The van der Waals surface area contributed by atoms with Gasteiger partial charge in [0.05, 0.1) is 23.4 Å². The topological polar surface area (TPSA) is 71.1 Å². The fourth-order valence-corrected chi connectivity index (χ4v) is 4.45. The van der Waals surface area contributed by atoms with Gasteiger partial charge in [-0.25, -0.2) is 4.98 Å². The first-order valence-corrected chi connectivity index (χ1v) is 11.2. The van der Waals surface area contributed by atoms with Gasteiger partial charge in [0.2, 0.25) is 5.91 Å². The summed E-state index contributed by atoms with van der Waals surface area (Å²) in [5.41, 5.74) is 3.19. The van der Waals surface area contributed by atoms with Crippen LogP contribution in [0, 0.1) is 0 Å². The molecule has 0 unspecified atom stereocenters. The molecule has 0 aliphatic heterocycles. The number of benzene rings is 2. The van der Waals surface area contributed by atoms with Gasteiger partial charge >= 0.3 is 0 Å². The summed E-state index contributed by atoms with van der Waals surface area (Å²) in [5, 5.41) is 13.0. The van der Waals surface area contributed by atoms with Crippen molar-refractivity contribution in [2.45, 2.75) is 6.42 Å². The number of nitrogens with zero attached hydrogens (tertiary/aromatic N) is 1. The summed E-state index contributed by atoms with van der Waals surface area (Å²) in [6.45, 7) is 0. The van der Waals surface area contributed by atoms with Crippen LogP contribution in [0.5, 0.6) is 0 Å². The van der Waals surface area contributed by atoms with E-state index >= 15 is 0 Å². The normalized spacial score (nSPS) is 10.6. The fraction of sp³-hybridized carbons (Fsp3) is 0.0455. The van der Waals surface area contributed by atoms with Gasteiger partial charge in [-0.05, 0) is 47.8 Å². The third-order valence-corrected chi connectivity index (χ3v) is 6.08. The van der Waals surface area contributed by atoms with Crippen LogP contribution in [0.2, 0.25) is 5.02 Å². The number of hydrogen-bond donors (Lipinski definition) is 2. The summed E-state index contributed by atoms with van der Waals surface area (Å²) in [4.78, 5) is 29.8. The van der Waals surface area contributed by atoms with Crippen LogP contribution >= 0.6 is 34.3 Å². The molecule has 0 fully saturated rings. The van der Waals surface area contributed by atoms with Gasteiger partial charge in [0.25, 0.3) is 5.91 Å². The van der Waals surface area contributed by atoms with Crippen LogP contribution < -0.4 is 10.6 Å². The molecule has 0 spiro atoms. The molecule has 0 aliphatic rings. The van der Waals surface area contributed by atoms with E-state index in [1.54, 1.807) is 59.9 Å². The smallest absolute Gasteiger partial charge is 0.257 e. The minimum absolute atomic E-state index is 0.133. The Labute approximate surface area is 186 Å². The number of carbonyl (C=O) groups excluding carboxylic acids is 2. The summed E-state index contributed by atoms with van der Waals surface area (Å²) < 4.78 is 0. The molecule has 2 aromatic carbocycles. The van der Waals surface area contributed by atoms with Crippen molar-refractivity contribution in [2.75, 3.05) is 10.6 Å². The Hall–Kier alpha value is -3.00. The molecule has 5 nitrogen and oxygen atoms in total. The van der Waals surface area contributed by atoms with Crippen LogP contribution in [-0.2, 0) is 11.2 Å². The zero-order valence-corrected chi connectivity index (χ0v) is 18.0. The molecule has 8 heteroatoms. The highest BCUT2D eigenvalue weighted by Gasteiger charge is 2.15. The Morgan fingerprint density at radius 3 is 2.53 bits per heavy atom. The van der Waals surface area contributed by atoms with Crippen molar-refractivity contribution >= 4 is 57.5 Å². The van der Waals surface area contributed by atoms with E-state index in [4.69, 9.17) is 11.6 Å². The molecular formula is C22H16ClN3O2S2. The number of anilines is 2. The molecule has 2 N–H and O–H groups in total. The van der Waals surface area contributed by atoms with E-state index in [0.29, 0.717) is 27.7 Å². The van der Waals surface area contributed by atoms with Crippen LogP contribution in [0.3, 0.4) is 0 Å². The van der Waals surface area contributed by atoms with E-state index in [-0.39, 0.29) is 18.2 Å². The van der Waals surface area contributed by atoms with E-state index < -0.39 is 0 Å². The third-order valence-electron chi connectivity index (χ3n) is 4.21. The van der Waals surface area contributed by atoms with Gasteiger partial charge in [-0.2, -0.15) is 11.3 Å². The summed E-state index contributed by atoms with van der Waals surface area (Å²) in [7, 11) is 0. The number of hydrogen-bond acceptors (Lipinski definition) is 5. The van der Waals surface area contributed by atoms with Crippen molar-refractivity contribution in [1.29, 1.82) is 0 Å². The molecule has 4 rings (SSSR count). The SMILES string of the molecule is O=C(Cc1csc(-c2ccsc2)n1)Nc1ccccc1C(=O)Nc1ccc(Cl)cc1. The van der Waals surface area contributed by atoms with Crippen molar-refractivity contribution in [3.05, 3.63) is 87.0 Å². The highest BCUT2D eigenvalue weighted by molar-refractivity contribution is 7.14. The van der Waals surface area contributed by atoms with Gasteiger partial charge in [0.1, 0.15) is 5.01 Å². The maximum absolute atomic E-state index is 12.7. The number of carbonyl (C=O) groups is 2. The van der Waals surface area contributed by atoms with Crippen LogP contribution in [0.25, 0.3) is 10.6 Å². The quantitative estimate of drug-likeness (QED) is 0.378. The van der Waals surface area contributed by atoms with Gasteiger partial charge in [0, 0.05) is 27.0 Å². The molecule has 0 saturated carbocycles. The van der Waals surface area contributed by atoms with Crippen molar-refractivity contribution < 1.29 is 9.59 Å². The Balaban J connectivity index is 1.44. The van der Waals surface area contributed by atoms with Crippen molar-refractivity contribution in [2.24, 2.45) is 0 Å². The highest BCUT2D eigenvalue weighted by Crippen LogP contribution is 2.26. The molecule has 150 valence electrons. The average Bonchev–Trinajstić information content (AvgIpc) is 3.42. The van der Waals surface area contributed by atoms with Gasteiger partial charge in [0.15, 0.2) is 0 Å². The largest absolute Gasteiger partial charge is 0.325 e. The number of nitrogens with one attached hydrogen (secondary N) is 2. The zero-order valence-electron chi connectivity index (χ0n) is 15.6. The molecule has 0 aliphatic carbocycles. The number of amides is 2. The molecule has 4 aromatic rings. The first kappa shape index (κ1) is 20.3. The highest BCUT2D eigenvalue weighted by atomic mass is 35.5. The summed E-state index contributed by atoms with van der Waals surface area (Å²) in [6.07, 6.45) is 0.133. The average molecular weight is 454 g/mol. The summed E-state index contributed by atoms with van der Waals surface area (Å²) in [5.74, 6) is -0.550. The third kappa shape index (κ3) is 4.94. The Morgan fingerprint density at radius 2 is 1.77 bits per heavy atom. The molecule has 2 amide bonds. The second-order valence-electron chi connectivity index (χ2n) is 6.39. The Morgan fingerprint density at radius 1 is 0.967 bits per heavy atom. The molecular weight excluding hydrogens is 438 g/mol. The Bertz CT molecular complexity index is 1170. The minimum atomic E-state index is -0.318. The number of rotatable bonds is 6. The number of thiophene rings is 1. The van der Waals surface area contributed by atoms with E-state index in [0.717, 1.165) is 10.6 Å². The molecule has 2 heterocycles. The lowest BCUT2D eigenvalue weighted by Crippen LogP contribution is -2.19. The molecule has 0 bridgehead atoms. The summed E-state index contributed by atoms with van der Waals surface area (Å²) in [6, 6.07) is 15.7. The van der Waals surface area contributed by atoms with Crippen molar-refractivity contribution in [3.8, 4) is 10.6 Å². The number of aromatic nitrogens is 1. The molecule has 30 heavy (non-hydrogen) atoms. The fourth-order valence-electron chi connectivity index (χ4n) is 2.79. The maximum atomic E-state index is 12.7.